The Morgan fingerprint density at radius 1 is 1.05 bits per heavy atom. The van der Waals surface area contributed by atoms with Crippen LogP contribution in [-0.2, 0) is 19.4 Å². The minimum Gasteiger partial charge on any atom is -0.370 e. The van der Waals surface area contributed by atoms with Crippen LogP contribution in [0, 0.1) is 0 Å². The molecule has 0 aromatic carbocycles. The van der Waals surface area contributed by atoms with Gasteiger partial charge in [0.25, 0.3) is 0 Å². The fraction of sp³-hybridized carbons (Fsp3) is 0.500. The van der Waals surface area contributed by atoms with E-state index in [0.29, 0.717) is 0 Å². The number of aryl methyl sites for hydroxylation is 1. The largest absolute Gasteiger partial charge is 0.370 e. The first-order valence-electron chi connectivity index (χ1n) is 7.66. The normalized spacial score (nSPS) is 10.6. The van der Waals surface area contributed by atoms with Gasteiger partial charge in [0, 0.05) is 17.0 Å². The summed E-state index contributed by atoms with van der Waals surface area (Å²) >= 11 is 1.80. The van der Waals surface area contributed by atoms with Gasteiger partial charge in [-0.15, -0.1) is 11.3 Å². The molecule has 0 fully saturated rings. The van der Waals surface area contributed by atoms with Crippen LogP contribution in [0.4, 0.5) is 11.6 Å². The standard InChI is InChI=1S/C16H24N4S/c1-4-8-17-15-13(6-3)16(20-11-19-15)18-10-14-12(5-2)7-9-21-14/h7,9,11H,4-6,8,10H2,1-3H3,(H2,17,18,19,20). The first kappa shape index (κ1) is 15.8. The zero-order valence-electron chi connectivity index (χ0n) is 13.1. The Morgan fingerprint density at radius 3 is 2.48 bits per heavy atom. The third kappa shape index (κ3) is 3.94. The summed E-state index contributed by atoms with van der Waals surface area (Å²) in [6.45, 7) is 8.26. The van der Waals surface area contributed by atoms with Gasteiger partial charge in [0.05, 0.1) is 6.54 Å². The third-order valence-electron chi connectivity index (χ3n) is 3.48. The molecule has 2 N–H and O–H groups in total. The molecule has 2 aromatic rings. The van der Waals surface area contributed by atoms with Crippen molar-refractivity contribution in [3.8, 4) is 0 Å². The summed E-state index contributed by atoms with van der Waals surface area (Å²) in [5.41, 5.74) is 2.59. The maximum absolute atomic E-state index is 4.42. The maximum Gasteiger partial charge on any atom is 0.135 e. The van der Waals surface area contributed by atoms with Crippen molar-refractivity contribution in [2.45, 2.75) is 46.6 Å². The number of nitrogens with zero attached hydrogens (tertiary/aromatic N) is 2. The fourth-order valence-electron chi connectivity index (χ4n) is 2.30. The van der Waals surface area contributed by atoms with E-state index >= 15 is 0 Å². The lowest BCUT2D eigenvalue weighted by atomic mass is 10.2. The molecule has 0 radical (unpaired) electrons. The number of nitrogens with one attached hydrogen (secondary N) is 2. The second-order valence-corrected chi connectivity index (χ2v) is 5.91. The van der Waals surface area contributed by atoms with E-state index in [1.807, 2.05) is 0 Å². The van der Waals surface area contributed by atoms with Crippen LogP contribution in [0.1, 0.15) is 43.2 Å². The molecule has 2 aromatic heterocycles. The van der Waals surface area contributed by atoms with Gasteiger partial charge in [-0.1, -0.05) is 20.8 Å². The Morgan fingerprint density at radius 2 is 1.81 bits per heavy atom. The van der Waals surface area contributed by atoms with Gasteiger partial charge >= 0.3 is 0 Å². The van der Waals surface area contributed by atoms with E-state index in [9.17, 15) is 0 Å². The Bertz CT molecular complexity index is 565. The average molecular weight is 304 g/mol. The summed E-state index contributed by atoms with van der Waals surface area (Å²) in [4.78, 5) is 10.2. The van der Waals surface area contributed by atoms with Crippen LogP contribution < -0.4 is 10.6 Å². The van der Waals surface area contributed by atoms with Crippen LogP contribution in [0.5, 0.6) is 0 Å². The minimum absolute atomic E-state index is 0.831. The predicted molar refractivity (Wildman–Crippen MR) is 91.2 cm³/mol. The molecular weight excluding hydrogens is 280 g/mol. The average Bonchev–Trinajstić information content (AvgIpc) is 2.98. The minimum atomic E-state index is 0.831. The highest BCUT2D eigenvalue weighted by molar-refractivity contribution is 7.10. The van der Waals surface area contributed by atoms with Gasteiger partial charge in [0.1, 0.15) is 18.0 Å². The Balaban J connectivity index is 2.12. The fourth-order valence-corrected chi connectivity index (χ4v) is 3.21. The van der Waals surface area contributed by atoms with Gasteiger partial charge in [0.2, 0.25) is 0 Å². The van der Waals surface area contributed by atoms with Crippen molar-refractivity contribution in [2.75, 3.05) is 17.2 Å². The summed E-state index contributed by atoms with van der Waals surface area (Å²) in [7, 11) is 0. The number of thiophene rings is 1. The molecule has 0 unspecified atom stereocenters. The molecule has 0 saturated heterocycles. The first-order valence-corrected chi connectivity index (χ1v) is 8.54. The van der Waals surface area contributed by atoms with Crippen molar-refractivity contribution in [3.05, 3.63) is 33.8 Å². The summed E-state index contributed by atoms with van der Waals surface area (Å²) in [5, 5.41) is 9.02. The van der Waals surface area contributed by atoms with E-state index in [1.54, 1.807) is 17.7 Å². The topological polar surface area (TPSA) is 49.8 Å². The second kappa shape index (κ2) is 7.98. The zero-order valence-corrected chi connectivity index (χ0v) is 13.9. The van der Waals surface area contributed by atoms with Crippen LogP contribution in [0.2, 0.25) is 0 Å². The van der Waals surface area contributed by atoms with E-state index in [0.717, 1.165) is 44.0 Å². The quantitative estimate of drug-likeness (QED) is 0.771. The number of rotatable bonds is 8. The molecule has 2 rings (SSSR count). The number of aromatic nitrogens is 2. The lowest BCUT2D eigenvalue weighted by Crippen LogP contribution is -2.10. The maximum atomic E-state index is 4.42. The Kier molecular flexibility index (Phi) is 5.99. The van der Waals surface area contributed by atoms with Crippen molar-refractivity contribution in [2.24, 2.45) is 0 Å². The van der Waals surface area contributed by atoms with E-state index < -0.39 is 0 Å². The highest BCUT2D eigenvalue weighted by Crippen LogP contribution is 2.23. The molecule has 0 atom stereocenters. The molecular formula is C16H24N4S. The molecule has 0 aliphatic rings. The predicted octanol–water partition coefficient (Wildman–Crippen LogP) is 4.10. The lowest BCUT2D eigenvalue weighted by molar-refractivity contribution is 0.944. The molecule has 0 aliphatic carbocycles. The van der Waals surface area contributed by atoms with Crippen LogP contribution in [-0.4, -0.2) is 16.5 Å². The Hall–Kier alpha value is -1.62. The summed E-state index contributed by atoms with van der Waals surface area (Å²) in [6, 6.07) is 2.20. The van der Waals surface area contributed by atoms with Gasteiger partial charge in [0.15, 0.2) is 0 Å². The molecule has 21 heavy (non-hydrogen) atoms. The highest BCUT2D eigenvalue weighted by atomic mass is 32.1. The van der Waals surface area contributed by atoms with Gasteiger partial charge in [-0.3, -0.25) is 0 Å². The molecule has 0 saturated carbocycles. The van der Waals surface area contributed by atoms with Crippen LogP contribution >= 0.6 is 11.3 Å². The number of hydrogen-bond acceptors (Lipinski definition) is 5. The van der Waals surface area contributed by atoms with Crippen molar-refractivity contribution >= 4 is 23.0 Å². The monoisotopic (exact) mass is 304 g/mol. The van der Waals surface area contributed by atoms with E-state index in [4.69, 9.17) is 0 Å². The van der Waals surface area contributed by atoms with Gasteiger partial charge in [-0.2, -0.15) is 0 Å². The van der Waals surface area contributed by atoms with Crippen molar-refractivity contribution in [1.29, 1.82) is 0 Å². The van der Waals surface area contributed by atoms with Gasteiger partial charge in [-0.25, -0.2) is 9.97 Å². The second-order valence-electron chi connectivity index (χ2n) is 4.91. The van der Waals surface area contributed by atoms with Gasteiger partial charge in [-0.05, 0) is 36.3 Å². The molecule has 0 aliphatic heterocycles. The zero-order chi connectivity index (χ0) is 15.1. The summed E-state index contributed by atoms with van der Waals surface area (Å²) < 4.78 is 0. The van der Waals surface area contributed by atoms with Crippen LogP contribution in [0.15, 0.2) is 17.8 Å². The first-order chi connectivity index (χ1) is 10.3. The molecule has 5 heteroatoms. The third-order valence-corrected chi connectivity index (χ3v) is 4.44. The molecule has 2 heterocycles. The number of anilines is 2. The molecule has 114 valence electrons. The lowest BCUT2D eigenvalue weighted by Gasteiger charge is -2.14. The Labute approximate surface area is 131 Å². The van der Waals surface area contributed by atoms with Crippen molar-refractivity contribution in [1.82, 2.24) is 9.97 Å². The molecule has 0 spiro atoms. The van der Waals surface area contributed by atoms with Gasteiger partial charge < -0.3 is 10.6 Å². The SMILES string of the molecule is CCCNc1ncnc(NCc2sccc2CC)c1CC. The molecule has 0 amide bonds. The van der Waals surface area contributed by atoms with Crippen LogP contribution in [0.25, 0.3) is 0 Å². The van der Waals surface area contributed by atoms with Crippen molar-refractivity contribution in [3.63, 3.8) is 0 Å². The van der Waals surface area contributed by atoms with Crippen LogP contribution in [0.3, 0.4) is 0 Å². The summed E-state index contributed by atoms with van der Waals surface area (Å²) in [5.74, 6) is 1.90. The number of hydrogen-bond donors (Lipinski definition) is 2. The van der Waals surface area contributed by atoms with E-state index in [1.165, 1.54) is 16.0 Å². The molecule has 4 nitrogen and oxygen atoms in total. The van der Waals surface area contributed by atoms with Crippen molar-refractivity contribution < 1.29 is 0 Å². The summed E-state index contributed by atoms with van der Waals surface area (Å²) in [6.07, 6.45) is 4.72. The van der Waals surface area contributed by atoms with E-state index in [2.05, 4.69) is 52.8 Å². The molecule has 0 bridgehead atoms. The van der Waals surface area contributed by atoms with E-state index in [-0.39, 0.29) is 0 Å². The highest BCUT2D eigenvalue weighted by Gasteiger charge is 2.10. The smallest absolute Gasteiger partial charge is 0.135 e.